The Balaban J connectivity index is 1.76. The Morgan fingerprint density at radius 3 is 2.38 bits per heavy atom. The van der Waals surface area contributed by atoms with Crippen LogP contribution in [0, 0.1) is 5.82 Å². The molecular formula is C19H18FN3O. The van der Waals surface area contributed by atoms with E-state index >= 15 is 0 Å². The number of carbonyl (C=O) groups excluding carboxylic acids is 1. The van der Waals surface area contributed by atoms with E-state index in [0.29, 0.717) is 18.0 Å². The Labute approximate surface area is 140 Å². The van der Waals surface area contributed by atoms with Gasteiger partial charge in [-0.1, -0.05) is 24.3 Å². The van der Waals surface area contributed by atoms with Crippen molar-refractivity contribution in [3.8, 4) is 0 Å². The van der Waals surface area contributed by atoms with Crippen LogP contribution in [-0.2, 0) is 11.2 Å². The lowest BCUT2D eigenvalue weighted by Crippen LogP contribution is -2.25. The van der Waals surface area contributed by atoms with E-state index in [1.807, 2.05) is 43.3 Å². The van der Waals surface area contributed by atoms with Crippen molar-refractivity contribution in [2.24, 2.45) is 4.99 Å². The Kier molecular flexibility index (Phi) is 4.42. The maximum absolute atomic E-state index is 12.9. The van der Waals surface area contributed by atoms with Crippen LogP contribution in [0.5, 0.6) is 0 Å². The highest BCUT2D eigenvalue weighted by Gasteiger charge is 2.19. The lowest BCUT2D eigenvalue weighted by Gasteiger charge is -2.11. The minimum atomic E-state index is -0.280. The normalized spacial score (nSPS) is 15.4. The summed E-state index contributed by atoms with van der Waals surface area (Å²) in [7, 11) is 3.95. The number of benzene rings is 2. The molecule has 3 rings (SSSR count). The molecule has 2 aromatic carbocycles. The molecule has 1 N–H and O–H groups in total. The van der Waals surface area contributed by atoms with Gasteiger partial charge in [-0.05, 0) is 41.5 Å². The number of aliphatic imine (C=N–C) groups is 1. The van der Waals surface area contributed by atoms with E-state index in [-0.39, 0.29) is 11.7 Å². The third-order valence-corrected chi connectivity index (χ3v) is 3.74. The smallest absolute Gasteiger partial charge is 0.275 e. The predicted molar refractivity (Wildman–Crippen MR) is 94.4 cm³/mol. The summed E-state index contributed by atoms with van der Waals surface area (Å²) in [6.45, 7) is 0. The molecule has 0 atom stereocenters. The first-order chi connectivity index (χ1) is 11.5. The minimum Gasteiger partial charge on any atom is -0.378 e. The summed E-state index contributed by atoms with van der Waals surface area (Å²) in [5.41, 5.74) is 3.28. The highest BCUT2D eigenvalue weighted by atomic mass is 19.1. The molecule has 0 saturated heterocycles. The van der Waals surface area contributed by atoms with E-state index in [0.717, 1.165) is 16.8 Å². The lowest BCUT2D eigenvalue weighted by molar-refractivity contribution is -0.115. The molecule has 0 aliphatic carbocycles. The van der Waals surface area contributed by atoms with Crippen LogP contribution in [0.15, 0.2) is 59.2 Å². The molecule has 1 aliphatic heterocycles. The lowest BCUT2D eigenvalue weighted by atomic mass is 10.1. The molecule has 5 heteroatoms. The van der Waals surface area contributed by atoms with Gasteiger partial charge in [-0.3, -0.25) is 4.79 Å². The van der Waals surface area contributed by atoms with Gasteiger partial charge in [-0.2, -0.15) is 0 Å². The van der Waals surface area contributed by atoms with Gasteiger partial charge in [0, 0.05) is 26.2 Å². The van der Waals surface area contributed by atoms with Crippen molar-refractivity contribution >= 4 is 23.5 Å². The molecule has 0 spiro atoms. The summed E-state index contributed by atoms with van der Waals surface area (Å²) in [4.78, 5) is 18.4. The Morgan fingerprint density at radius 2 is 1.75 bits per heavy atom. The van der Waals surface area contributed by atoms with Crippen LogP contribution in [0.25, 0.3) is 6.08 Å². The number of carbonyl (C=O) groups is 1. The molecule has 24 heavy (non-hydrogen) atoms. The number of nitrogens with one attached hydrogen (secondary N) is 1. The molecule has 1 heterocycles. The molecule has 0 bridgehead atoms. The predicted octanol–water partition coefficient (Wildman–Crippen LogP) is 3.00. The number of hydrogen-bond donors (Lipinski definition) is 1. The van der Waals surface area contributed by atoms with E-state index < -0.39 is 0 Å². The van der Waals surface area contributed by atoms with Crippen molar-refractivity contribution in [2.45, 2.75) is 6.42 Å². The van der Waals surface area contributed by atoms with Gasteiger partial charge < -0.3 is 10.2 Å². The van der Waals surface area contributed by atoms with Crippen LogP contribution in [0.3, 0.4) is 0 Å². The number of amidine groups is 1. The number of halogens is 1. The topological polar surface area (TPSA) is 44.7 Å². The fraction of sp³-hybridized carbons (Fsp3) is 0.158. The zero-order chi connectivity index (χ0) is 17.1. The average Bonchev–Trinajstić information content (AvgIpc) is 2.89. The molecule has 0 aromatic heterocycles. The first-order valence-corrected chi connectivity index (χ1v) is 7.64. The third kappa shape index (κ3) is 3.68. The van der Waals surface area contributed by atoms with Crippen LogP contribution >= 0.6 is 0 Å². The van der Waals surface area contributed by atoms with E-state index in [2.05, 4.69) is 10.3 Å². The Morgan fingerprint density at radius 1 is 1.08 bits per heavy atom. The minimum absolute atomic E-state index is 0.219. The van der Waals surface area contributed by atoms with E-state index in [1.54, 1.807) is 18.2 Å². The van der Waals surface area contributed by atoms with Crippen LogP contribution in [0.1, 0.15) is 11.1 Å². The molecule has 0 fully saturated rings. The van der Waals surface area contributed by atoms with Crippen molar-refractivity contribution in [1.29, 1.82) is 0 Å². The molecular weight excluding hydrogens is 305 g/mol. The van der Waals surface area contributed by atoms with E-state index in [1.165, 1.54) is 12.1 Å². The summed E-state index contributed by atoms with van der Waals surface area (Å²) in [5.74, 6) is 0.0736. The van der Waals surface area contributed by atoms with Crippen LogP contribution in [0.2, 0.25) is 0 Å². The summed E-state index contributed by atoms with van der Waals surface area (Å²) in [6.07, 6.45) is 2.22. The third-order valence-electron chi connectivity index (χ3n) is 3.74. The van der Waals surface area contributed by atoms with Gasteiger partial charge in [0.05, 0.1) is 0 Å². The molecule has 0 radical (unpaired) electrons. The second kappa shape index (κ2) is 6.66. The standard InChI is InChI=1S/C19H18FN3O/c1-23(2)16-9-5-13(6-10-16)11-17-19(24)22-18(21-17)12-14-3-7-15(20)8-4-14/h3-11H,12H2,1-2H3,(H,21,22,24)/b17-11+. The highest BCUT2D eigenvalue weighted by Crippen LogP contribution is 2.17. The van der Waals surface area contributed by atoms with Crippen LogP contribution in [0.4, 0.5) is 10.1 Å². The number of hydrogen-bond acceptors (Lipinski definition) is 3. The van der Waals surface area contributed by atoms with Crippen molar-refractivity contribution in [3.63, 3.8) is 0 Å². The van der Waals surface area contributed by atoms with Crippen molar-refractivity contribution < 1.29 is 9.18 Å². The van der Waals surface area contributed by atoms with Gasteiger partial charge in [0.25, 0.3) is 5.91 Å². The Hall–Kier alpha value is -2.95. The zero-order valence-electron chi connectivity index (χ0n) is 13.6. The zero-order valence-corrected chi connectivity index (χ0v) is 13.6. The maximum Gasteiger partial charge on any atom is 0.275 e. The van der Waals surface area contributed by atoms with Gasteiger partial charge in [0.1, 0.15) is 17.3 Å². The van der Waals surface area contributed by atoms with Gasteiger partial charge in [-0.25, -0.2) is 9.38 Å². The van der Waals surface area contributed by atoms with Gasteiger partial charge in [0.15, 0.2) is 0 Å². The van der Waals surface area contributed by atoms with E-state index in [4.69, 9.17) is 0 Å². The molecule has 2 aromatic rings. The molecule has 0 unspecified atom stereocenters. The monoisotopic (exact) mass is 323 g/mol. The quantitative estimate of drug-likeness (QED) is 0.879. The van der Waals surface area contributed by atoms with Crippen molar-refractivity contribution in [3.05, 3.63) is 71.2 Å². The first-order valence-electron chi connectivity index (χ1n) is 7.64. The number of amides is 1. The van der Waals surface area contributed by atoms with Gasteiger partial charge >= 0.3 is 0 Å². The average molecular weight is 323 g/mol. The largest absolute Gasteiger partial charge is 0.378 e. The highest BCUT2D eigenvalue weighted by molar-refractivity contribution is 6.14. The number of anilines is 1. The van der Waals surface area contributed by atoms with Gasteiger partial charge in [0.2, 0.25) is 0 Å². The molecule has 0 saturated carbocycles. The summed E-state index contributed by atoms with van der Waals surface area (Å²) < 4.78 is 12.9. The van der Waals surface area contributed by atoms with Crippen LogP contribution < -0.4 is 10.2 Å². The second-order valence-corrected chi connectivity index (χ2v) is 5.83. The summed E-state index contributed by atoms with van der Waals surface area (Å²) >= 11 is 0. The molecule has 4 nitrogen and oxygen atoms in total. The van der Waals surface area contributed by atoms with E-state index in [9.17, 15) is 9.18 Å². The Bertz CT molecular complexity index is 806. The number of nitrogens with zero attached hydrogens (tertiary/aromatic N) is 2. The van der Waals surface area contributed by atoms with Crippen molar-refractivity contribution in [1.82, 2.24) is 5.32 Å². The second-order valence-electron chi connectivity index (χ2n) is 5.83. The van der Waals surface area contributed by atoms with Crippen LogP contribution in [-0.4, -0.2) is 25.8 Å². The summed E-state index contributed by atoms with van der Waals surface area (Å²) in [6, 6.07) is 14.0. The SMILES string of the molecule is CN(C)c1ccc(/C=C2/N=C(Cc3ccc(F)cc3)NC2=O)cc1. The maximum atomic E-state index is 12.9. The molecule has 1 aliphatic rings. The molecule has 1 amide bonds. The van der Waals surface area contributed by atoms with Crippen molar-refractivity contribution in [2.75, 3.05) is 19.0 Å². The first kappa shape index (κ1) is 15.9. The van der Waals surface area contributed by atoms with Gasteiger partial charge in [-0.15, -0.1) is 0 Å². The summed E-state index contributed by atoms with van der Waals surface area (Å²) in [5, 5.41) is 2.76. The fourth-order valence-electron chi connectivity index (χ4n) is 2.42. The molecule has 122 valence electrons. The fourth-order valence-corrected chi connectivity index (χ4v) is 2.42. The number of rotatable bonds is 4.